The first-order valence-corrected chi connectivity index (χ1v) is 6.63. The molecule has 2 aromatic rings. The molecule has 1 aromatic heterocycles. The van der Waals surface area contributed by atoms with Crippen LogP contribution in [0.1, 0.15) is 19.4 Å². The van der Waals surface area contributed by atoms with Crippen molar-refractivity contribution in [2.75, 3.05) is 19.8 Å². The summed E-state index contributed by atoms with van der Waals surface area (Å²) in [4.78, 5) is 0. The van der Waals surface area contributed by atoms with Gasteiger partial charge in [-0.05, 0) is 19.0 Å². The smallest absolute Gasteiger partial charge is 0.0913 e. The molecule has 96 valence electrons. The number of hydrogen-bond acceptors (Lipinski definition) is 3. The second-order valence-electron chi connectivity index (χ2n) is 4.74. The average Bonchev–Trinajstić information content (AvgIpc) is 2.84. The number of rotatable bonds is 3. The molecule has 0 bridgehead atoms. The lowest BCUT2D eigenvalue weighted by Crippen LogP contribution is -2.44. The van der Waals surface area contributed by atoms with Crippen LogP contribution in [0.3, 0.4) is 0 Å². The van der Waals surface area contributed by atoms with Crippen molar-refractivity contribution in [2.45, 2.75) is 25.4 Å². The van der Waals surface area contributed by atoms with Crippen LogP contribution < -0.4 is 5.32 Å². The van der Waals surface area contributed by atoms with Crippen molar-refractivity contribution >= 4 is 10.9 Å². The Morgan fingerprint density at radius 3 is 3.22 bits per heavy atom. The lowest BCUT2D eigenvalue weighted by atomic mass is 10.0. The molecule has 2 heterocycles. The predicted molar refractivity (Wildman–Crippen MR) is 71.7 cm³/mol. The molecule has 1 aliphatic rings. The molecule has 1 aliphatic heterocycles. The first-order valence-electron chi connectivity index (χ1n) is 6.63. The minimum atomic E-state index is 0.290. The lowest BCUT2D eigenvalue weighted by molar-refractivity contribution is 0.0347. The number of fused-ring (bicyclic) bond motifs is 1. The molecule has 2 atom stereocenters. The summed E-state index contributed by atoms with van der Waals surface area (Å²) in [5.74, 6) is 0. The van der Waals surface area contributed by atoms with E-state index in [9.17, 15) is 0 Å². The van der Waals surface area contributed by atoms with Crippen LogP contribution >= 0.6 is 0 Å². The van der Waals surface area contributed by atoms with Gasteiger partial charge in [0.15, 0.2) is 0 Å². The summed E-state index contributed by atoms with van der Waals surface area (Å²) in [5, 5.41) is 9.29. The van der Waals surface area contributed by atoms with E-state index in [-0.39, 0.29) is 0 Å². The van der Waals surface area contributed by atoms with Gasteiger partial charge in [0, 0.05) is 18.0 Å². The first kappa shape index (κ1) is 11.7. The molecular formula is C14H19N3O. The average molecular weight is 245 g/mol. The molecule has 1 aromatic carbocycles. The van der Waals surface area contributed by atoms with Gasteiger partial charge in [0.05, 0.1) is 24.4 Å². The molecular weight excluding hydrogens is 226 g/mol. The normalized spacial score (nSPS) is 24.5. The minimum Gasteiger partial charge on any atom is -0.379 e. The third-order valence-electron chi connectivity index (χ3n) is 3.61. The van der Waals surface area contributed by atoms with E-state index in [1.54, 1.807) is 0 Å². The van der Waals surface area contributed by atoms with E-state index >= 15 is 0 Å². The maximum atomic E-state index is 5.63. The fraction of sp³-hybridized carbons (Fsp3) is 0.500. The maximum absolute atomic E-state index is 5.63. The van der Waals surface area contributed by atoms with Crippen LogP contribution in [0.2, 0.25) is 0 Å². The Bertz CT molecular complexity index is 520. The molecule has 1 fully saturated rings. The zero-order valence-electron chi connectivity index (χ0n) is 10.7. The third kappa shape index (κ3) is 2.02. The van der Waals surface area contributed by atoms with Crippen molar-refractivity contribution in [3.63, 3.8) is 0 Å². The molecule has 0 radical (unpaired) electrons. The van der Waals surface area contributed by atoms with E-state index < -0.39 is 0 Å². The second kappa shape index (κ2) is 5.08. The molecule has 18 heavy (non-hydrogen) atoms. The highest BCUT2D eigenvalue weighted by Crippen LogP contribution is 2.24. The number of nitrogens with one attached hydrogen (secondary N) is 1. The van der Waals surface area contributed by atoms with Gasteiger partial charge in [0.2, 0.25) is 0 Å². The van der Waals surface area contributed by atoms with Crippen molar-refractivity contribution in [1.29, 1.82) is 0 Å². The molecule has 4 nitrogen and oxygen atoms in total. The number of para-hydroxylation sites is 1. The Kier molecular flexibility index (Phi) is 3.30. The summed E-state index contributed by atoms with van der Waals surface area (Å²) >= 11 is 0. The molecule has 2 unspecified atom stereocenters. The standard InChI is InChI=1S/C14H19N3O/c1-2-15-12-7-8-18-10-14(12)17-13-6-4-3-5-11(13)9-16-17/h3-6,9,12,14-15H,2,7-8,10H2,1H3. The van der Waals surface area contributed by atoms with Gasteiger partial charge in [0.25, 0.3) is 0 Å². The number of nitrogens with zero attached hydrogens (tertiary/aromatic N) is 2. The number of ether oxygens (including phenoxy) is 1. The van der Waals surface area contributed by atoms with Crippen LogP contribution in [0.25, 0.3) is 10.9 Å². The van der Waals surface area contributed by atoms with E-state index in [0.717, 1.165) is 26.2 Å². The van der Waals surface area contributed by atoms with Gasteiger partial charge in [-0.15, -0.1) is 0 Å². The van der Waals surface area contributed by atoms with Crippen LogP contribution in [-0.4, -0.2) is 35.6 Å². The number of benzene rings is 1. The maximum Gasteiger partial charge on any atom is 0.0913 e. The Labute approximate surface area is 107 Å². The quantitative estimate of drug-likeness (QED) is 0.898. The molecule has 4 heteroatoms. The molecule has 0 spiro atoms. The van der Waals surface area contributed by atoms with E-state index in [4.69, 9.17) is 4.74 Å². The molecule has 1 N–H and O–H groups in total. The van der Waals surface area contributed by atoms with Crippen LogP contribution in [-0.2, 0) is 4.74 Å². The van der Waals surface area contributed by atoms with Crippen molar-refractivity contribution in [3.05, 3.63) is 30.5 Å². The van der Waals surface area contributed by atoms with Crippen molar-refractivity contribution in [1.82, 2.24) is 15.1 Å². The topological polar surface area (TPSA) is 39.1 Å². The van der Waals surface area contributed by atoms with Gasteiger partial charge in [-0.25, -0.2) is 0 Å². The molecule has 3 rings (SSSR count). The van der Waals surface area contributed by atoms with Crippen LogP contribution in [0, 0.1) is 0 Å². The first-order chi connectivity index (χ1) is 8.90. The summed E-state index contributed by atoms with van der Waals surface area (Å²) < 4.78 is 7.74. The van der Waals surface area contributed by atoms with Crippen LogP contribution in [0.15, 0.2) is 30.5 Å². The molecule has 1 saturated heterocycles. The largest absolute Gasteiger partial charge is 0.379 e. The van der Waals surface area contributed by atoms with Crippen molar-refractivity contribution < 1.29 is 4.74 Å². The number of hydrogen-bond donors (Lipinski definition) is 1. The highest BCUT2D eigenvalue weighted by Gasteiger charge is 2.27. The van der Waals surface area contributed by atoms with Gasteiger partial charge >= 0.3 is 0 Å². The summed E-state index contributed by atoms with van der Waals surface area (Å²) in [6.45, 7) is 4.71. The Morgan fingerprint density at radius 2 is 2.33 bits per heavy atom. The summed E-state index contributed by atoms with van der Waals surface area (Å²) in [6.07, 6.45) is 2.99. The minimum absolute atomic E-state index is 0.290. The molecule has 0 saturated carbocycles. The molecule has 0 amide bonds. The Hall–Kier alpha value is -1.39. The Morgan fingerprint density at radius 1 is 1.44 bits per heavy atom. The van der Waals surface area contributed by atoms with Crippen LogP contribution in [0.4, 0.5) is 0 Å². The fourth-order valence-electron chi connectivity index (χ4n) is 2.72. The van der Waals surface area contributed by atoms with Gasteiger partial charge in [-0.3, -0.25) is 4.68 Å². The van der Waals surface area contributed by atoms with E-state index in [1.165, 1.54) is 10.9 Å². The number of aromatic nitrogens is 2. The summed E-state index contributed by atoms with van der Waals surface area (Å²) in [6, 6.07) is 9.08. The second-order valence-corrected chi connectivity index (χ2v) is 4.74. The highest BCUT2D eigenvalue weighted by atomic mass is 16.5. The zero-order chi connectivity index (χ0) is 12.4. The SMILES string of the molecule is CCNC1CCOCC1n1ncc2ccccc21. The van der Waals surface area contributed by atoms with E-state index in [1.807, 2.05) is 12.3 Å². The monoisotopic (exact) mass is 245 g/mol. The molecule has 0 aliphatic carbocycles. The summed E-state index contributed by atoms with van der Waals surface area (Å²) in [7, 11) is 0. The Balaban J connectivity index is 1.96. The van der Waals surface area contributed by atoms with E-state index in [0.29, 0.717) is 12.1 Å². The van der Waals surface area contributed by atoms with Crippen molar-refractivity contribution in [3.8, 4) is 0 Å². The van der Waals surface area contributed by atoms with Gasteiger partial charge in [-0.1, -0.05) is 25.1 Å². The predicted octanol–water partition coefficient (Wildman–Crippen LogP) is 1.98. The lowest BCUT2D eigenvalue weighted by Gasteiger charge is -2.32. The zero-order valence-corrected chi connectivity index (χ0v) is 10.7. The fourth-order valence-corrected chi connectivity index (χ4v) is 2.72. The number of likely N-dealkylation sites (N-methyl/N-ethyl adjacent to an activating group) is 1. The van der Waals surface area contributed by atoms with Crippen molar-refractivity contribution in [2.24, 2.45) is 0 Å². The van der Waals surface area contributed by atoms with E-state index in [2.05, 4.69) is 40.2 Å². The van der Waals surface area contributed by atoms with Gasteiger partial charge in [-0.2, -0.15) is 5.10 Å². The third-order valence-corrected chi connectivity index (χ3v) is 3.61. The summed E-state index contributed by atoms with van der Waals surface area (Å²) in [5.41, 5.74) is 1.19. The van der Waals surface area contributed by atoms with Gasteiger partial charge < -0.3 is 10.1 Å². The van der Waals surface area contributed by atoms with Gasteiger partial charge in [0.1, 0.15) is 0 Å². The highest BCUT2D eigenvalue weighted by molar-refractivity contribution is 5.78. The van der Waals surface area contributed by atoms with Crippen LogP contribution in [0.5, 0.6) is 0 Å².